The fourth-order valence-corrected chi connectivity index (χ4v) is 3.88. The molecule has 1 atom stereocenters. The first-order valence-electron chi connectivity index (χ1n) is 8.52. The summed E-state index contributed by atoms with van der Waals surface area (Å²) in [5.41, 5.74) is 0.457. The number of para-hydroxylation sites is 3. The SMILES string of the molecule is O=C(Nc1ccccc1Oc1ccccc1)C1CSc2nccc(=O)n2C1. The maximum atomic E-state index is 12.8. The molecule has 0 bridgehead atoms. The van der Waals surface area contributed by atoms with Gasteiger partial charge in [-0.05, 0) is 24.3 Å². The Balaban J connectivity index is 1.51. The average Bonchev–Trinajstić information content (AvgIpc) is 2.70. The normalized spacial score (nSPS) is 15.6. The van der Waals surface area contributed by atoms with Crippen LogP contribution in [0.15, 0.2) is 76.8 Å². The molecule has 0 saturated carbocycles. The largest absolute Gasteiger partial charge is 0.455 e. The molecule has 0 spiro atoms. The van der Waals surface area contributed by atoms with Crippen molar-refractivity contribution in [3.63, 3.8) is 0 Å². The quantitative estimate of drug-likeness (QED) is 0.704. The molecule has 27 heavy (non-hydrogen) atoms. The second-order valence-corrected chi connectivity index (χ2v) is 7.07. The summed E-state index contributed by atoms with van der Waals surface area (Å²) in [4.78, 5) is 29.0. The summed E-state index contributed by atoms with van der Waals surface area (Å²) in [5, 5.41) is 3.59. The Morgan fingerprint density at radius 1 is 1.11 bits per heavy atom. The Kier molecular flexibility index (Phi) is 4.93. The summed E-state index contributed by atoms with van der Waals surface area (Å²) in [5.74, 6) is 1.37. The minimum atomic E-state index is -0.325. The third kappa shape index (κ3) is 3.88. The van der Waals surface area contributed by atoms with E-state index in [1.165, 1.54) is 24.0 Å². The van der Waals surface area contributed by atoms with E-state index in [9.17, 15) is 9.59 Å². The standard InChI is InChI=1S/C20H17N3O3S/c24-18-10-11-21-20-23(18)12-14(13-27-20)19(25)22-16-8-4-5-9-17(16)26-15-6-2-1-3-7-15/h1-11,14H,12-13H2,(H,22,25). The molecule has 0 aliphatic carbocycles. The zero-order valence-electron chi connectivity index (χ0n) is 14.4. The third-order valence-corrected chi connectivity index (χ3v) is 5.36. The highest BCUT2D eigenvalue weighted by molar-refractivity contribution is 7.99. The number of amides is 1. The highest BCUT2D eigenvalue weighted by atomic mass is 32.2. The molecule has 1 aliphatic rings. The number of thioether (sulfide) groups is 1. The van der Waals surface area contributed by atoms with Gasteiger partial charge in [0.1, 0.15) is 5.75 Å². The monoisotopic (exact) mass is 379 g/mol. The van der Waals surface area contributed by atoms with Crippen molar-refractivity contribution in [2.75, 3.05) is 11.1 Å². The van der Waals surface area contributed by atoms with Crippen molar-refractivity contribution in [2.45, 2.75) is 11.7 Å². The maximum absolute atomic E-state index is 12.8. The number of aromatic nitrogens is 2. The molecule has 1 aliphatic heterocycles. The number of nitrogens with one attached hydrogen (secondary N) is 1. The van der Waals surface area contributed by atoms with Gasteiger partial charge in [0.25, 0.3) is 5.56 Å². The van der Waals surface area contributed by atoms with Crippen molar-refractivity contribution in [2.24, 2.45) is 5.92 Å². The number of anilines is 1. The molecule has 0 radical (unpaired) electrons. The lowest BCUT2D eigenvalue weighted by Crippen LogP contribution is -2.36. The summed E-state index contributed by atoms with van der Waals surface area (Å²) in [7, 11) is 0. The summed E-state index contributed by atoms with van der Waals surface area (Å²) in [6, 6.07) is 18.1. The van der Waals surface area contributed by atoms with E-state index in [0.29, 0.717) is 34.6 Å². The first-order valence-corrected chi connectivity index (χ1v) is 9.51. The average molecular weight is 379 g/mol. The number of carbonyl (C=O) groups is 1. The number of fused-ring (bicyclic) bond motifs is 1. The minimum absolute atomic E-state index is 0.141. The molecular formula is C20H17N3O3S. The van der Waals surface area contributed by atoms with Crippen LogP contribution in [0.2, 0.25) is 0 Å². The number of hydrogen-bond donors (Lipinski definition) is 1. The predicted molar refractivity (Wildman–Crippen MR) is 104 cm³/mol. The van der Waals surface area contributed by atoms with Crippen LogP contribution in [-0.4, -0.2) is 21.2 Å². The number of carbonyl (C=O) groups excluding carboxylic acids is 1. The van der Waals surface area contributed by atoms with Crippen molar-refractivity contribution < 1.29 is 9.53 Å². The highest BCUT2D eigenvalue weighted by Crippen LogP contribution is 2.31. The van der Waals surface area contributed by atoms with E-state index in [1.54, 1.807) is 10.6 Å². The van der Waals surface area contributed by atoms with Gasteiger partial charge in [0, 0.05) is 24.6 Å². The Labute approximate surface area is 160 Å². The van der Waals surface area contributed by atoms with Crippen LogP contribution in [0.4, 0.5) is 5.69 Å². The van der Waals surface area contributed by atoms with Crippen LogP contribution in [0.25, 0.3) is 0 Å². The van der Waals surface area contributed by atoms with Crippen LogP contribution in [-0.2, 0) is 11.3 Å². The molecule has 0 saturated heterocycles. The second kappa shape index (κ2) is 7.67. The molecule has 2 aromatic carbocycles. The lowest BCUT2D eigenvalue weighted by molar-refractivity contribution is -0.119. The molecule has 2 heterocycles. The molecule has 136 valence electrons. The molecule has 1 amide bonds. The van der Waals surface area contributed by atoms with Crippen LogP contribution >= 0.6 is 11.8 Å². The summed E-state index contributed by atoms with van der Waals surface area (Å²) in [6.07, 6.45) is 1.50. The summed E-state index contributed by atoms with van der Waals surface area (Å²) >= 11 is 1.42. The van der Waals surface area contributed by atoms with E-state index >= 15 is 0 Å². The van der Waals surface area contributed by atoms with Crippen LogP contribution in [0.5, 0.6) is 11.5 Å². The van der Waals surface area contributed by atoms with Crippen molar-refractivity contribution in [3.05, 3.63) is 77.2 Å². The van der Waals surface area contributed by atoms with Crippen LogP contribution in [0.1, 0.15) is 0 Å². The Morgan fingerprint density at radius 3 is 2.74 bits per heavy atom. The van der Waals surface area contributed by atoms with Gasteiger partial charge < -0.3 is 10.1 Å². The van der Waals surface area contributed by atoms with Crippen LogP contribution in [0.3, 0.4) is 0 Å². The highest BCUT2D eigenvalue weighted by Gasteiger charge is 2.27. The van der Waals surface area contributed by atoms with Crippen LogP contribution < -0.4 is 15.6 Å². The van der Waals surface area contributed by atoms with E-state index in [1.807, 2.05) is 48.5 Å². The van der Waals surface area contributed by atoms with Crippen molar-refractivity contribution in [1.29, 1.82) is 0 Å². The number of hydrogen-bond acceptors (Lipinski definition) is 5. The van der Waals surface area contributed by atoms with Crippen molar-refractivity contribution in [1.82, 2.24) is 9.55 Å². The van der Waals surface area contributed by atoms with Gasteiger partial charge in [0.2, 0.25) is 5.91 Å². The van der Waals surface area contributed by atoms with Crippen molar-refractivity contribution >= 4 is 23.4 Å². The lowest BCUT2D eigenvalue weighted by Gasteiger charge is -2.24. The summed E-state index contributed by atoms with van der Waals surface area (Å²) in [6.45, 7) is 0.322. The first-order chi connectivity index (χ1) is 13.2. The molecule has 4 rings (SSSR count). The van der Waals surface area contributed by atoms with Gasteiger partial charge in [0.15, 0.2) is 10.9 Å². The lowest BCUT2D eigenvalue weighted by atomic mass is 10.1. The van der Waals surface area contributed by atoms with Gasteiger partial charge in [-0.25, -0.2) is 4.98 Å². The van der Waals surface area contributed by atoms with E-state index in [2.05, 4.69) is 10.3 Å². The number of nitrogens with zero attached hydrogens (tertiary/aromatic N) is 2. The van der Waals surface area contributed by atoms with Gasteiger partial charge in [-0.1, -0.05) is 42.1 Å². The van der Waals surface area contributed by atoms with Gasteiger partial charge in [-0.3, -0.25) is 14.2 Å². The molecule has 1 unspecified atom stereocenters. The van der Waals surface area contributed by atoms with Crippen LogP contribution in [0, 0.1) is 5.92 Å². The molecule has 0 fully saturated rings. The topological polar surface area (TPSA) is 73.2 Å². The van der Waals surface area contributed by atoms with Crippen molar-refractivity contribution in [3.8, 4) is 11.5 Å². The Bertz CT molecular complexity index is 1020. The minimum Gasteiger partial charge on any atom is -0.455 e. The fourth-order valence-electron chi connectivity index (χ4n) is 2.82. The van der Waals surface area contributed by atoms with E-state index in [4.69, 9.17) is 4.74 Å². The number of benzene rings is 2. The Hall–Kier alpha value is -3.06. The summed E-state index contributed by atoms with van der Waals surface area (Å²) < 4.78 is 7.43. The van der Waals surface area contributed by atoms with E-state index in [0.717, 1.165) is 0 Å². The Morgan fingerprint density at radius 2 is 1.89 bits per heavy atom. The molecule has 6 nitrogen and oxygen atoms in total. The maximum Gasteiger partial charge on any atom is 0.254 e. The molecular weight excluding hydrogens is 362 g/mol. The molecule has 1 N–H and O–H groups in total. The smallest absolute Gasteiger partial charge is 0.254 e. The first kappa shape index (κ1) is 17.4. The van der Waals surface area contributed by atoms with Gasteiger partial charge >= 0.3 is 0 Å². The van der Waals surface area contributed by atoms with E-state index < -0.39 is 0 Å². The predicted octanol–water partition coefficient (Wildman–Crippen LogP) is 3.40. The van der Waals surface area contributed by atoms with Gasteiger partial charge in [-0.2, -0.15) is 0 Å². The zero-order chi connectivity index (χ0) is 18.6. The molecule has 1 aromatic heterocycles. The second-order valence-electron chi connectivity index (χ2n) is 6.08. The van der Waals surface area contributed by atoms with E-state index in [-0.39, 0.29) is 17.4 Å². The molecule has 7 heteroatoms. The number of rotatable bonds is 4. The number of ether oxygens (including phenoxy) is 1. The van der Waals surface area contributed by atoms with Gasteiger partial charge in [0.05, 0.1) is 11.6 Å². The molecule has 3 aromatic rings. The fraction of sp³-hybridized carbons (Fsp3) is 0.150. The van der Waals surface area contributed by atoms with Gasteiger partial charge in [-0.15, -0.1) is 0 Å². The third-order valence-electron chi connectivity index (χ3n) is 4.20. The zero-order valence-corrected chi connectivity index (χ0v) is 15.2.